The third-order valence-corrected chi connectivity index (χ3v) is 3.38. The summed E-state index contributed by atoms with van der Waals surface area (Å²) < 4.78 is 0. The van der Waals surface area contributed by atoms with Gasteiger partial charge in [-0.05, 0) is 18.2 Å². The molecule has 1 aromatic carbocycles. The number of hydrogen-bond donors (Lipinski definition) is 3. The van der Waals surface area contributed by atoms with Crippen LogP contribution in [0.2, 0.25) is 10.0 Å². The molecule has 1 aromatic heterocycles. The van der Waals surface area contributed by atoms with Crippen LogP contribution in [-0.2, 0) is 0 Å². The van der Waals surface area contributed by atoms with Crippen molar-refractivity contribution in [2.24, 2.45) is 0 Å². The number of hydrogen-bond acceptors (Lipinski definition) is 3. The Morgan fingerprint density at radius 1 is 1.29 bits per heavy atom. The summed E-state index contributed by atoms with van der Waals surface area (Å²) in [6.07, 6.45) is 0.407. The van der Waals surface area contributed by atoms with Crippen LogP contribution in [0.15, 0.2) is 41.3 Å². The maximum Gasteiger partial charge on any atom is 0.251 e. The van der Waals surface area contributed by atoms with E-state index in [-0.39, 0.29) is 17.7 Å². The zero-order valence-corrected chi connectivity index (χ0v) is 12.3. The van der Waals surface area contributed by atoms with E-state index < -0.39 is 12.0 Å². The molecule has 2 aromatic rings. The van der Waals surface area contributed by atoms with Crippen LogP contribution >= 0.6 is 23.2 Å². The molecule has 3 N–H and O–H groups in total. The van der Waals surface area contributed by atoms with Gasteiger partial charge in [-0.1, -0.05) is 29.3 Å². The number of amides is 1. The molecule has 2 rings (SSSR count). The summed E-state index contributed by atoms with van der Waals surface area (Å²) in [7, 11) is 0. The van der Waals surface area contributed by atoms with E-state index >= 15 is 0 Å². The van der Waals surface area contributed by atoms with Gasteiger partial charge in [-0.2, -0.15) is 0 Å². The molecule has 0 spiro atoms. The minimum absolute atomic E-state index is 0.0347. The fourth-order valence-electron chi connectivity index (χ4n) is 1.76. The van der Waals surface area contributed by atoms with Crippen LogP contribution in [0.5, 0.6) is 0 Å². The summed E-state index contributed by atoms with van der Waals surface area (Å²) in [5.74, 6) is -0.453. The number of nitrogens with one attached hydrogen (secondary N) is 2. The van der Waals surface area contributed by atoms with E-state index in [1.54, 1.807) is 12.1 Å². The molecular formula is C14H12Cl2N2O3. The predicted octanol–water partition coefficient (Wildman–Crippen LogP) is 2.15. The summed E-state index contributed by atoms with van der Waals surface area (Å²) in [6.45, 7) is -0.0347. The highest BCUT2D eigenvalue weighted by Gasteiger charge is 2.14. The molecule has 0 saturated carbocycles. The summed E-state index contributed by atoms with van der Waals surface area (Å²) in [6, 6.07) is 7.36. The van der Waals surface area contributed by atoms with Gasteiger partial charge >= 0.3 is 0 Å². The second-order valence-corrected chi connectivity index (χ2v) is 5.18. The molecule has 0 aliphatic carbocycles. The number of carbonyl (C=O) groups is 1. The number of pyridine rings is 1. The van der Waals surface area contributed by atoms with Gasteiger partial charge in [0.15, 0.2) is 0 Å². The summed E-state index contributed by atoms with van der Waals surface area (Å²) >= 11 is 11.8. The minimum Gasteiger partial charge on any atom is -0.387 e. The third kappa shape index (κ3) is 4.07. The first kappa shape index (κ1) is 15.6. The van der Waals surface area contributed by atoms with E-state index in [0.29, 0.717) is 15.6 Å². The molecule has 1 unspecified atom stereocenters. The van der Waals surface area contributed by atoms with Crippen molar-refractivity contribution in [3.05, 3.63) is 68.1 Å². The van der Waals surface area contributed by atoms with Crippen molar-refractivity contribution in [3.63, 3.8) is 0 Å². The number of aromatic nitrogens is 1. The Kier molecular flexibility index (Phi) is 5.01. The fourth-order valence-corrected chi connectivity index (χ4v) is 2.29. The SMILES string of the molecule is O=C(NCC(O)c1ccc(Cl)cc1Cl)c1cc[nH]c(=O)c1. The molecule has 5 nitrogen and oxygen atoms in total. The Labute approximate surface area is 130 Å². The van der Waals surface area contributed by atoms with Crippen molar-refractivity contribution in [1.29, 1.82) is 0 Å². The van der Waals surface area contributed by atoms with Gasteiger partial charge in [0, 0.05) is 40.0 Å². The van der Waals surface area contributed by atoms with Gasteiger partial charge in [0.25, 0.3) is 5.91 Å². The van der Waals surface area contributed by atoms with Gasteiger partial charge in [-0.25, -0.2) is 0 Å². The van der Waals surface area contributed by atoms with Crippen molar-refractivity contribution < 1.29 is 9.90 Å². The van der Waals surface area contributed by atoms with E-state index in [1.807, 2.05) is 0 Å². The van der Waals surface area contributed by atoms with Gasteiger partial charge in [-0.15, -0.1) is 0 Å². The normalized spacial score (nSPS) is 12.0. The number of benzene rings is 1. The summed E-state index contributed by atoms with van der Waals surface area (Å²) in [5, 5.41) is 13.3. The van der Waals surface area contributed by atoms with Crippen LogP contribution in [0.1, 0.15) is 22.0 Å². The van der Waals surface area contributed by atoms with Crippen LogP contribution in [-0.4, -0.2) is 22.5 Å². The van der Waals surface area contributed by atoms with Crippen LogP contribution in [0.4, 0.5) is 0 Å². The number of carbonyl (C=O) groups excluding carboxylic acids is 1. The molecule has 1 heterocycles. The molecule has 7 heteroatoms. The smallest absolute Gasteiger partial charge is 0.251 e. The number of rotatable bonds is 4. The van der Waals surface area contributed by atoms with E-state index in [0.717, 1.165) is 0 Å². The zero-order chi connectivity index (χ0) is 15.4. The summed E-state index contributed by atoms with van der Waals surface area (Å²) in [4.78, 5) is 25.4. The average Bonchev–Trinajstić information content (AvgIpc) is 2.44. The van der Waals surface area contributed by atoms with Gasteiger partial charge < -0.3 is 15.4 Å². The van der Waals surface area contributed by atoms with E-state index in [9.17, 15) is 14.7 Å². The maximum absolute atomic E-state index is 11.8. The van der Waals surface area contributed by atoms with Gasteiger partial charge in [-0.3, -0.25) is 9.59 Å². The third-order valence-electron chi connectivity index (χ3n) is 2.81. The second kappa shape index (κ2) is 6.76. The van der Waals surface area contributed by atoms with E-state index in [4.69, 9.17) is 23.2 Å². The fraction of sp³-hybridized carbons (Fsp3) is 0.143. The lowest BCUT2D eigenvalue weighted by Crippen LogP contribution is -2.29. The van der Waals surface area contributed by atoms with Crippen molar-refractivity contribution in [2.75, 3.05) is 6.54 Å². The van der Waals surface area contributed by atoms with Crippen molar-refractivity contribution in [3.8, 4) is 0 Å². The van der Waals surface area contributed by atoms with E-state index in [1.165, 1.54) is 24.4 Å². The molecule has 0 bridgehead atoms. The number of aliphatic hydroxyl groups excluding tert-OH is 1. The predicted molar refractivity (Wildman–Crippen MR) is 80.8 cm³/mol. The van der Waals surface area contributed by atoms with Crippen molar-refractivity contribution in [2.45, 2.75) is 6.10 Å². The zero-order valence-electron chi connectivity index (χ0n) is 10.8. The van der Waals surface area contributed by atoms with Crippen molar-refractivity contribution >= 4 is 29.1 Å². The molecule has 0 aliphatic heterocycles. The quantitative estimate of drug-likeness (QED) is 0.805. The van der Waals surface area contributed by atoms with Gasteiger partial charge in [0.05, 0.1) is 6.10 Å². The Bertz CT molecular complexity index is 715. The van der Waals surface area contributed by atoms with Gasteiger partial charge in [0.2, 0.25) is 5.56 Å². The first-order chi connectivity index (χ1) is 9.97. The Balaban J connectivity index is 2.02. The lowest BCUT2D eigenvalue weighted by molar-refractivity contribution is 0.0916. The van der Waals surface area contributed by atoms with Crippen LogP contribution in [0.3, 0.4) is 0 Å². The molecule has 0 saturated heterocycles. The lowest BCUT2D eigenvalue weighted by atomic mass is 10.1. The molecule has 1 atom stereocenters. The number of aromatic amines is 1. The van der Waals surface area contributed by atoms with Gasteiger partial charge in [0.1, 0.15) is 0 Å². The topological polar surface area (TPSA) is 82.2 Å². The molecular weight excluding hydrogens is 315 g/mol. The largest absolute Gasteiger partial charge is 0.387 e. The van der Waals surface area contributed by atoms with Crippen LogP contribution < -0.4 is 10.9 Å². The van der Waals surface area contributed by atoms with Crippen LogP contribution in [0, 0.1) is 0 Å². The Morgan fingerprint density at radius 3 is 2.71 bits per heavy atom. The van der Waals surface area contributed by atoms with Crippen molar-refractivity contribution in [1.82, 2.24) is 10.3 Å². The summed E-state index contributed by atoms with van der Waals surface area (Å²) in [5.41, 5.74) is 0.310. The van der Waals surface area contributed by atoms with E-state index in [2.05, 4.69) is 10.3 Å². The highest BCUT2D eigenvalue weighted by molar-refractivity contribution is 6.35. The standard InChI is InChI=1S/C14H12Cl2N2O3/c15-9-1-2-10(11(16)6-9)12(19)7-18-14(21)8-3-4-17-13(20)5-8/h1-6,12,19H,7H2,(H,17,20)(H,18,21). The molecule has 110 valence electrons. The molecule has 21 heavy (non-hydrogen) atoms. The molecule has 0 fully saturated rings. The molecule has 0 aliphatic rings. The number of aliphatic hydroxyl groups is 1. The average molecular weight is 327 g/mol. The first-order valence-electron chi connectivity index (χ1n) is 6.07. The Hall–Kier alpha value is -1.82. The maximum atomic E-state index is 11.8. The number of H-pyrrole nitrogens is 1. The first-order valence-corrected chi connectivity index (χ1v) is 6.83. The monoisotopic (exact) mass is 326 g/mol. The molecule has 1 amide bonds. The Morgan fingerprint density at radius 2 is 2.05 bits per heavy atom. The van der Waals surface area contributed by atoms with Crippen LogP contribution in [0.25, 0.3) is 0 Å². The highest BCUT2D eigenvalue weighted by atomic mass is 35.5. The highest BCUT2D eigenvalue weighted by Crippen LogP contribution is 2.25. The number of halogens is 2. The lowest BCUT2D eigenvalue weighted by Gasteiger charge is -2.14. The minimum atomic E-state index is -0.972. The molecule has 0 radical (unpaired) electrons. The second-order valence-electron chi connectivity index (χ2n) is 4.33.